The zero-order valence-electron chi connectivity index (χ0n) is 9.19. The Morgan fingerprint density at radius 3 is 2.94 bits per heavy atom. The Labute approximate surface area is 93.7 Å². The summed E-state index contributed by atoms with van der Waals surface area (Å²) in [5.41, 5.74) is -0.0641. The fraction of sp³-hybridized carbons (Fsp3) is 0.364. The fourth-order valence-corrected chi connectivity index (χ4v) is 1.03. The number of anilines is 1. The van der Waals surface area contributed by atoms with Gasteiger partial charge in [-0.05, 0) is 26.0 Å². The normalized spacial score (nSPS) is 10.6. The van der Waals surface area contributed by atoms with Crippen LogP contribution in [0.25, 0.3) is 0 Å². The molecule has 0 bridgehead atoms. The summed E-state index contributed by atoms with van der Waals surface area (Å²) in [6, 6.07) is 5.33. The third-order valence-electron chi connectivity index (χ3n) is 2.21. The van der Waals surface area contributed by atoms with Crippen LogP contribution in [-0.2, 0) is 4.79 Å². The van der Waals surface area contributed by atoms with Gasteiger partial charge >= 0.3 is 5.97 Å². The molecule has 84 valence electrons. The van der Waals surface area contributed by atoms with Gasteiger partial charge in [0.2, 0.25) is 0 Å². The summed E-state index contributed by atoms with van der Waals surface area (Å²) in [4.78, 5) is 14.7. The SMILES string of the molecule is CC(C)(CNc1cccnc1C#N)C(=O)O. The number of nitrogens with one attached hydrogen (secondary N) is 1. The van der Waals surface area contributed by atoms with Crippen LogP contribution < -0.4 is 5.32 Å². The van der Waals surface area contributed by atoms with E-state index in [-0.39, 0.29) is 12.2 Å². The molecule has 16 heavy (non-hydrogen) atoms. The minimum Gasteiger partial charge on any atom is -0.481 e. The molecule has 0 amide bonds. The number of rotatable bonds is 4. The van der Waals surface area contributed by atoms with Crippen molar-refractivity contribution in [2.75, 3.05) is 11.9 Å². The molecule has 1 rings (SSSR count). The Bertz CT molecular complexity index is 435. The topological polar surface area (TPSA) is 86.0 Å². The van der Waals surface area contributed by atoms with Gasteiger partial charge in [0.05, 0.1) is 11.1 Å². The Morgan fingerprint density at radius 2 is 2.38 bits per heavy atom. The van der Waals surface area contributed by atoms with Crippen molar-refractivity contribution in [3.05, 3.63) is 24.0 Å². The van der Waals surface area contributed by atoms with Crippen molar-refractivity contribution in [2.24, 2.45) is 5.41 Å². The summed E-state index contributed by atoms with van der Waals surface area (Å²) in [7, 11) is 0. The van der Waals surface area contributed by atoms with Crippen LogP contribution >= 0.6 is 0 Å². The van der Waals surface area contributed by atoms with Crippen molar-refractivity contribution in [2.45, 2.75) is 13.8 Å². The molecule has 5 nitrogen and oxygen atoms in total. The summed E-state index contributed by atoms with van der Waals surface area (Å²) < 4.78 is 0. The van der Waals surface area contributed by atoms with Crippen molar-refractivity contribution in [1.29, 1.82) is 5.26 Å². The summed E-state index contributed by atoms with van der Waals surface area (Å²) in [5, 5.41) is 20.6. The molecular weight excluding hydrogens is 206 g/mol. The summed E-state index contributed by atoms with van der Waals surface area (Å²) >= 11 is 0. The molecule has 1 aromatic heterocycles. The average molecular weight is 219 g/mol. The lowest BCUT2D eigenvalue weighted by Gasteiger charge is -2.20. The summed E-state index contributed by atoms with van der Waals surface area (Å²) in [6.45, 7) is 3.47. The van der Waals surface area contributed by atoms with Crippen LogP contribution in [0.4, 0.5) is 5.69 Å². The van der Waals surface area contributed by atoms with Crippen LogP contribution in [0.1, 0.15) is 19.5 Å². The number of nitrogens with zero attached hydrogens (tertiary/aromatic N) is 2. The molecule has 0 radical (unpaired) electrons. The number of pyridine rings is 1. The predicted molar refractivity (Wildman–Crippen MR) is 58.9 cm³/mol. The maximum atomic E-state index is 10.9. The van der Waals surface area contributed by atoms with Crippen LogP contribution in [0.3, 0.4) is 0 Å². The average Bonchev–Trinajstić information content (AvgIpc) is 2.26. The van der Waals surface area contributed by atoms with Crippen LogP contribution in [0.2, 0.25) is 0 Å². The molecule has 5 heteroatoms. The van der Waals surface area contributed by atoms with Crippen LogP contribution in [0.15, 0.2) is 18.3 Å². The molecule has 0 saturated heterocycles. The first-order chi connectivity index (χ1) is 7.47. The standard InChI is InChI=1S/C11H13N3O2/c1-11(2,10(15)16)7-14-8-4-3-5-13-9(8)6-12/h3-5,14H,7H2,1-2H3,(H,15,16). The van der Waals surface area contributed by atoms with Crippen molar-refractivity contribution in [3.63, 3.8) is 0 Å². The quantitative estimate of drug-likeness (QED) is 0.800. The van der Waals surface area contributed by atoms with Gasteiger partial charge in [0.25, 0.3) is 0 Å². The zero-order valence-corrected chi connectivity index (χ0v) is 9.19. The first-order valence-corrected chi connectivity index (χ1v) is 4.80. The first-order valence-electron chi connectivity index (χ1n) is 4.80. The highest BCUT2D eigenvalue weighted by Gasteiger charge is 2.26. The molecular formula is C11H13N3O2. The van der Waals surface area contributed by atoms with Gasteiger partial charge in [-0.25, -0.2) is 4.98 Å². The fourth-order valence-electron chi connectivity index (χ4n) is 1.03. The maximum absolute atomic E-state index is 10.9. The van der Waals surface area contributed by atoms with E-state index in [0.29, 0.717) is 5.69 Å². The lowest BCUT2D eigenvalue weighted by atomic mass is 9.94. The minimum atomic E-state index is -0.887. The smallest absolute Gasteiger partial charge is 0.310 e. The van der Waals surface area contributed by atoms with Crippen LogP contribution in [-0.4, -0.2) is 22.6 Å². The summed E-state index contributed by atoms with van der Waals surface area (Å²) in [6.07, 6.45) is 1.52. The lowest BCUT2D eigenvalue weighted by Crippen LogP contribution is -2.32. The van der Waals surface area contributed by atoms with Gasteiger partial charge in [-0.3, -0.25) is 4.79 Å². The van der Waals surface area contributed by atoms with Crippen molar-refractivity contribution in [1.82, 2.24) is 4.98 Å². The van der Waals surface area contributed by atoms with Crippen molar-refractivity contribution < 1.29 is 9.90 Å². The van der Waals surface area contributed by atoms with E-state index in [9.17, 15) is 4.79 Å². The molecule has 0 atom stereocenters. The number of nitriles is 1. The monoisotopic (exact) mass is 219 g/mol. The second-order valence-electron chi connectivity index (χ2n) is 4.05. The predicted octanol–water partition coefficient (Wildman–Crippen LogP) is 1.48. The van der Waals surface area contributed by atoms with Gasteiger partial charge in [0, 0.05) is 12.7 Å². The molecule has 0 aliphatic rings. The van der Waals surface area contributed by atoms with Gasteiger partial charge in [0.15, 0.2) is 5.69 Å². The molecule has 1 heterocycles. The van der Waals surface area contributed by atoms with Crippen LogP contribution in [0, 0.1) is 16.7 Å². The molecule has 0 aliphatic heterocycles. The van der Waals surface area contributed by atoms with E-state index in [4.69, 9.17) is 10.4 Å². The molecule has 0 fully saturated rings. The number of hydrogen-bond acceptors (Lipinski definition) is 4. The lowest BCUT2D eigenvalue weighted by molar-refractivity contribution is -0.146. The number of hydrogen-bond donors (Lipinski definition) is 2. The molecule has 0 aromatic carbocycles. The Hall–Kier alpha value is -2.09. The minimum absolute atomic E-state index is 0.239. The second kappa shape index (κ2) is 4.62. The Morgan fingerprint density at radius 1 is 1.69 bits per heavy atom. The highest BCUT2D eigenvalue weighted by Crippen LogP contribution is 2.18. The zero-order chi connectivity index (χ0) is 12.2. The molecule has 1 aromatic rings. The second-order valence-corrected chi connectivity index (χ2v) is 4.05. The van der Waals surface area contributed by atoms with Crippen LogP contribution in [0.5, 0.6) is 0 Å². The van der Waals surface area contributed by atoms with Crippen molar-refractivity contribution in [3.8, 4) is 6.07 Å². The first kappa shape index (κ1) is 12.0. The third-order valence-corrected chi connectivity index (χ3v) is 2.21. The summed E-state index contributed by atoms with van der Waals surface area (Å²) in [5.74, 6) is -0.887. The molecule has 0 aliphatic carbocycles. The van der Waals surface area contributed by atoms with E-state index in [1.165, 1.54) is 6.20 Å². The molecule has 0 spiro atoms. The number of carboxylic acids is 1. The van der Waals surface area contributed by atoms with Gasteiger partial charge in [-0.15, -0.1) is 0 Å². The van der Waals surface area contributed by atoms with E-state index in [1.807, 2.05) is 6.07 Å². The van der Waals surface area contributed by atoms with E-state index >= 15 is 0 Å². The van der Waals surface area contributed by atoms with Gasteiger partial charge in [-0.1, -0.05) is 0 Å². The van der Waals surface area contributed by atoms with E-state index in [2.05, 4.69) is 10.3 Å². The molecule has 0 unspecified atom stereocenters. The van der Waals surface area contributed by atoms with Gasteiger partial charge in [-0.2, -0.15) is 5.26 Å². The maximum Gasteiger partial charge on any atom is 0.310 e. The van der Waals surface area contributed by atoms with Gasteiger partial charge < -0.3 is 10.4 Å². The van der Waals surface area contributed by atoms with E-state index < -0.39 is 11.4 Å². The Balaban J connectivity index is 2.76. The molecule has 0 saturated carbocycles. The third kappa shape index (κ3) is 2.70. The highest BCUT2D eigenvalue weighted by atomic mass is 16.4. The number of carbonyl (C=O) groups is 1. The highest BCUT2D eigenvalue weighted by molar-refractivity contribution is 5.74. The molecule has 2 N–H and O–H groups in total. The number of aliphatic carboxylic acids is 1. The van der Waals surface area contributed by atoms with E-state index in [0.717, 1.165) is 0 Å². The number of aromatic nitrogens is 1. The van der Waals surface area contributed by atoms with Gasteiger partial charge in [0.1, 0.15) is 6.07 Å². The van der Waals surface area contributed by atoms with Crippen molar-refractivity contribution >= 4 is 11.7 Å². The Kier molecular flexibility index (Phi) is 3.46. The van der Waals surface area contributed by atoms with E-state index in [1.54, 1.807) is 26.0 Å². The largest absolute Gasteiger partial charge is 0.481 e. The number of carboxylic acid groups (broad SMARTS) is 1.